The van der Waals surface area contributed by atoms with Gasteiger partial charge >= 0.3 is 0 Å². The van der Waals surface area contributed by atoms with Gasteiger partial charge in [-0.25, -0.2) is 15.8 Å². The molecule has 2 saturated heterocycles. The SMILES string of the molecule is NNc1cc(NCC2CN3CCCC3CO2)ncn1. The van der Waals surface area contributed by atoms with Crippen LogP contribution in [-0.4, -0.2) is 53.3 Å². The molecular weight excluding hydrogens is 244 g/mol. The van der Waals surface area contributed by atoms with E-state index in [-0.39, 0.29) is 6.10 Å². The van der Waals surface area contributed by atoms with Gasteiger partial charge in [0.25, 0.3) is 0 Å². The molecule has 7 heteroatoms. The number of nitrogens with two attached hydrogens (primary N) is 1. The van der Waals surface area contributed by atoms with Crippen molar-refractivity contribution < 1.29 is 4.74 Å². The summed E-state index contributed by atoms with van der Waals surface area (Å²) < 4.78 is 5.88. The van der Waals surface area contributed by atoms with Crippen molar-refractivity contribution in [3.8, 4) is 0 Å². The molecule has 1 aromatic heterocycles. The standard InChI is InChI=1S/C12H20N6O/c13-17-12-4-11(15-8-16-12)14-5-10-6-18-3-1-2-9(18)7-19-10/h4,8-10H,1-3,5-7,13H2,(H2,14,15,16,17). The Kier molecular flexibility index (Phi) is 3.77. The van der Waals surface area contributed by atoms with Crippen molar-refractivity contribution in [3.05, 3.63) is 12.4 Å². The van der Waals surface area contributed by atoms with Crippen LogP contribution in [0, 0.1) is 0 Å². The Balaban J connectivity index is 1.51. The molecule has 104 valence electrons. The van der Waals surface area contributed by atoms with E-state index in [0.29, 0.717) is 11.9 Å². The molecule has 7 nitrogen and oxygen atoms in total. The number of nitrogens with one attached hydrogen (secondary N) is 2. The van der Waals surface area contributed by atoms with Gasteiger partial charge in [0.1, 0.15) is 18.0 Å². The fourth-order valence-corrected chi connectivity index (χ4v) is 2.76. The molecule has 3 rings (SSSR count). The second kappa shape index (κ2) is 5.68. The normalized spacial score (nSPS) is 27.0. The van der Waals surface area contributed by atoms with Crippen LogP contribution in [-0.2, 0) is 4.74 Å². The summed E-state index contributed by atoms with van der Waals surface area (Å²) in [5.41, 5.74) is 2.50. The lowest BCUT2D eigenvalue weighted by atomic mass is 10.2. The minimum Gasteiger partial charge on any atom is -0.373 e. The summed E-state index contributed by atoms with van der Waals surface area (Å²) in [5, 5.41) is 3.27. The molecule has 2 fully saturated rings. The molecule has 0 radical (unpaired) electrons. The highest BCUT2D eigenvalue weighted by atomic mass is 16.5. The van der Waals surface area contributed by atoms with Crippen molar-refractivity contribution >= 4 is 11.6 Å². The first-order valence-corrected chi connectivity index (χ1v) is 6.73. The maximum Gasteiger partial charge on any atom is 0.145 e. The number of aromatic nitrogens is 2. The number of fused-ring (bicyclic) bond motifs is 1. The molecule has 0 aliphatic carbocycles. The number of hydrogen-bond acceptors (Lipinski definition) is 7. The zero-order chi connectivity index (χ0) is 13.1. The van der Waals surface area contributed by atoms with Gasteiger partial charge in [0, 0.05) is 25.2 Å². The molecule has 0 saturated carbocycles. The number of hydrazine groups is 1. The van der Waals surface area contributed by atoms with Crippen LogP contribution in [0.3, 0.4) is 0 Å². The second-order valence-corrected chi connectivity index (χ2v) is 5.06. The first-order chi connectivity index (χ1) is 9.35. The summed E-state index contributed by atoms with van der Waals surface area (Å²) in [5.74, 6) is 6.67. The average Bonchev–Trinajstić information content (AvgIpc) is 2.93. The van der Waals surface area contributed by atoms with E-state index in [1.54, 1.807) is 6.07 Å². The third-order valence-corrected chi connectivity index (χ3v) is 3.79. The Morgan fingerprint density at radius 3 is 3.21 bits per heavy atom. The fraction of sp³-hybridized carbons (Fsp3) is 0.667. The smallest absolute Gasteiger partial charge is 0.145 e. The van der Waals surface area contributed by atoms with Gasteiger partial charge < -0.3 is 15.5 Å². The largest absolute Gasteiger partial charge is 0.373 e. The third kappa shape index (κ3) is 2.94. The lowest BCUT2D eigenvalue weighted by Gasteiger charge is -2.35. The van der Waals surface area contributed by atoms with Crippen LogP contribution in [0.5, 0.6) is 0 Å². The van der Waals surface area contributed by atoms with Crippen molar-refractivity contribution in [3.63, 3.8) is 0 Å². The topological polar surface area (TPSA) is 88.3 Å². The molecule has 4 N–H and O–H groups in total. The van der Waals surface area contributed by atoms with E-state index in [1.165, 1.54) is 25.7 Å². The maximum absolute atomic E-state index is 5.88. The maximum atomic E-state index is 5.88. The van der Waals surface area contributed by atoms with Gasteiger partial charge in [-0.15, -0.1) is 0 Å². The van der Waals surface area contributed by atoms with E-state index in [9.17, 15) is 0 Å². The van der Waals surface area contributed by atoms with Crippen molar-refractivity contribution in [1.82, 2.24) is 14.9 Å². The minimum atomic E-state index is 0.221. The van der Waals surface area contributed by atoms with Crippen molar-refractivity contribution in [2.24, 2.45) is 5.84 Å². The van der Waals surface area contributed by atoms with E-state index in [0.717, 1.165) is 25.5 Å². The first-order valence-electron chi connectivity index (χ1n) is 6.73. The molecule has 0 amide bonds. The Labute approximate surface area is 112 Å². The average molecular weight is 264 g/mol. The summed E-state index contributed by atoms with van der Waals surface area (Å²) >= 11 is 0. The number of ether oxygens (including phenoxy) is 1. The highest BCUT2D eigenvalue weighted by molar-refractivity contribution is 5.45. The van der Waals surface area contributed by atoms with E-state index < -0.39 is 0 Å². The quantitative estimate of drug-likeness (QED) is 0.522. The van der Waals surface area contributed by atoms with Crippen LogP contribution in [0.1, 0.15) is 12.8 Å². The van der Waals surface area contributed by atoms with Crippen molar-refractivity contribution in [1.29, 1.82) is 0 Å². The minimum absolute atomic E-state index is 0.221. The van der Waals surface area contributed by atoms with Crippen LogP contribution in [0.25, 0.3) is 0 Å². The Morgan fingerprint density at radius 1 is 1.42 bits per heavy atom. The molecular formula is C12H20N6O. The number of rotatable bonds is 4. The highest BCUT2D eigenvalue weighted by Crippen LogP contribution is 2.22. The summed E-state index contributed by atoms with van der Waals surface area (Å²) in [4.78, 5) is 10.7. The van der Waals surface area contributed by atoms with Crippen molar-refractivity contribution in [2.45, 2.75) is 25.0 Å². The molecule has 19 heavy (non-hydrogen) atoms. The Hall–Kier alpha value is -1.44. The molecule has 0 spiro atoms. The van der Waals surface area contributed by atoms with Gasteiger partial charge in [0.05, 0.1) is 12.7 Å². The zero-order valence-corrected chi connectivity index (χ0v) is 10.9. The van der Waals surface area contributed by atoms with Crippen LogP contribution >= 0.6 is 0 Å². The molecule has 0 aromatic carbocycles. The monoisotopic (exact) mass is 264 g/mol. The van der Waals surface area contributed by atoms with E-state index in [4.69, 9.17) is 10.6 Å². The number of nitrogen functional groups attached to an aromatic ring is 1. The predicted molar refractivity (Wildman–Crippen MR) is 72.7 cm³/mol. The lowest BCUT2D eigenvalue weighted by molar-refractivity contribution is -0.0416. The van der Waals surface area contributed by atoms with E-state index in [2.05, 4.69) is 25.6 Å². The van der Waals surface area contributed by atoms with Crippen LogP contribution in [0.2, 0.25) is 0 Å². The summed E-state index contributed by atoms with van der Waals surface area (Å²) in [6.45, 7) is 3.82. The summed E-state index contributed by atoms with van der Waals surface area (Å²) in [7, 11) is 0. The second-order valence-electron chi connectivity index (χ2n) is 5.06. The molecule has 2 aliphatic rings. The lowest BCUT2D eigenvalue weighted by Crippen LogP contribution is -2.48. The molecule has 3 heterocycles. The Morgan fingerprint density at radius 2 is 2.32 bits per heavy atom. The number of nitrogens with zero attached hydrogens (tertiary/aromatic N) is 3. The van der Waals surface area contributed by atoms with Gasteiger partial charge in [0.2, 0.25) is 0 Å². The predicted octanol–water partition coefficient (Wildman–Crippen LogP) is 0.0373. The van der Waals surface area contributed by atoms with Crippen LogP contribution < -0.4 is 16.6 Å². The van der Waals surface area contributed by atoms with Gasteiger partial charge in [-0.3, -0.25) is 4.90 Å². The number of morpholine rings is 1. The summed E-state index contributed by atoms with van der Waals surface area (Å²) in [6.07, 6.45) is 4.28. The molecule has 1 aromatic rings. The van der Waals surface area contributed by atoms with Gasteiger partial charge in [0.15, 0.2) is 0 Å². The van der Waals surface area contributed by atoms with E-state index >= 15 is 0 Å². The highest BCUT2D eigenvalue weighted by Gasteiger charge is 2.31. The molecule has 2 aliphatic heterocycles. The van der Waals surface area contributed by atoms with Crippen LogP contribution in [0.4, 0.5) is 11.6 Å². The van der Waals surface area contributed by atoms with Gasteiger partial charge in [-0.05, 0) is 19.4 Å². The molecule has 0 bridgehead atoms. The Bertz CT molecular complexity index is 428. The van der Waals surface area contributed by atoms with Gasteiger partial charge in [-0.2, -0.15) is 0 Å². The van der Waals surface area contributed by atoms with Crippen LogP contribution in [0.15, 0.2) is 12.4 Å². The number of hydrogen-bond donors (Lipinski definition) is 3. The first kappa shape index (κ1) is 12.6. The van der Waals surface area contributed by atoms with Crippen molar-refractivity contribution in [2.75, 3.05) is 37.0 Å². The summed E-state index contributed by atoms with van der Waals surface area (Å²) in [6, 6.07) is 2.42. The van der Waals surface area contributed by atoms with E-state index in [1.807, 2.05) is 0 Å². The van der Waals surface area contributed by atoms with Gasteiger partial charge in [-0.1, -0.05) is 0 Å². The fourth-order valence-electron chi connectivity index (χ4n) is 2.76. The number of anilines is 2. The molecule has 2 unspecified atom stereocenters. The zero-order valence-electron chi connectivity index (χ0n) is 10.9. The molecule has 2 atom stereocenters. The third-order valence-electron chi connectivity index (χ3n) is 3.79.